The third kappa shape index (κ3) is 5.05. The van der Waals surface area contributed by atoms with Crippen LogP contribution in [0.3, 0.4) is 0 Å². The van der Waals surface area contributed by atoms with E-state index in [4.69, 9.17) is 0 Å². The van der Waals surface area contributed by atoms with Crippen LogP contribution in [0.1, 0.15) is 40.5 Å². The Bertz CT molecular complexity index is 183. The van der Waals surface area contributed by atoms with E-state index in [9.17, 15) is 4.79 Å². The molecule has 14 heavy (non-hydrogen) atoms. The summed E-state index contributed by atoms with van der Waals surface area (Å²) >= 11 is 0. The molecular formula is C12H23NO. The second-order valence-electron chi connectivity index (χ2n) is 3.44. The van der Waals surface area contributed by atoms with Gasteiger partial charge in [-0.15, -0.1) is 0 Å². The molecule has 2 heteroatoms. The molecule has 1 aliphatic carbocycles. The predicted molar refractivity (Wildman–Crippen MR) is 61.1 cm³/mol. The van der Waals surface area contributed by atoms with Crippen molar-refractivity contribution in [1.82, 2.24) is 5.32 Å². The van der Waals surface area contributed by atoms with Crippen LogP contribution >= 0.6 is 0 Å². The van der Waals surface area contributed by atoms with Gasteiger partial charge in [0.05, 0.1) is 0 Å². The van der Waals surface area contributed by atoms with Crippen LogP contribution in [0.2, 0.25) is 0 Å². The minimum Gasteiger partial charge on any atom is -0.352 e. The zero-order chi connectivity index (χ0) is 11.0. The number of amides is 1. The van der Waals surface area contributed by atoms with Crippen molar-refractivity contribution < 1.29 is 4.79 Å². The van der Waals surface area contributed by atoms with Gasteiger partial charge in [0.15, 0.2) is 0 Å². The van der Waals surface area contributed by atoms with Gasteiger partial charge < -0.3 is 5.32 Å². The molecule has 2 nitrogen and oxygen atoms in total. The minimum absolute atomic E-state index is 0.204. The first-order chi connectivity index (χ1) is 6.75. The van der Waals surface area contributed by atoms with E-state index in [-0.39, 0.29) is 11.8 Å². The van der Waals surface area contributed by atoms with Crippen LogP contribution in [0.5, 0.6) is 0 Å². The number of allylic oxidation sites excluding steroid dienone is 1. The molecule has 1 unspecified atom stereocenters. The molecule has 0 bridgehead atoms. The van der Waals surface area contributed by atoms with E-state index in [1.54, 1.807) is 0 Å². The van der Waals surface area contributed by atoms with Crippen molar-refractivity contribution in [3.8, 4) is 0 Å². The van der Waals surface area contributed by atoms with Crippen LogP contribution in [0.15, 0.2) is 12.2 Å². The highest BCUT2D eigenvalue weighted by Gasteiger charge is 2.32. The Hall–Kier alpha value is -0.790. The summed E-state index contributed by atoms with van der Waals surface area (Å²) in [6.45, 7) is 8.64. The van der Waals surface area contributed by atoms with Gasteiger partial charge in [0.25, 0.3) is 0 Å². The summed E-state index contributed by atoms with van der Waals surface area (Å²) in [6.07, 6.45) is 6.37. The number of hydrogen-bond donors (Lipinski definition) is 1. The van der Waals surface area contributed by atoms with Crippen LogP contribution < -0.4 is 5.32 Å². The van der Waals surface area contributed by atoms with E-state index >= 15 is 0 Å². The number of rotatable bonds is 4. The smallest absolute Gasteiger partial charge is 0.223 e. The average molecular weight is 197 g/mol. The summed E-state index contributed by atoms with van der Waals surface area (Å²) in [4.78, 5) is 11.4. The lowest BCUT2D eigenvalue weighted by Crippen LogP contribution is -2.30. The van der Waals surface area contributed by atoms with E-state index in [1.165, 1.54) is 12.8 Å². The predicted octanol–water partition coefficient (Wildman–Crippen LogP) is 2.75. The standard InChI is InChI=1S/C10H17NO.C2H6/c1-3-4-7-11-10(12)8(2)9-5-6-9;1-2/h3-4,8-9H,5-7H2,1-2H3,(H,11,12);1-2H3/b4-3+;. The Morgan fingerprint density at radius 3 is 2.50 bits per heavy atom. The molecule has 0 aromatic carbocycles. The highest BCUT2D eigenvalue weighted by atomic mass is 16.1. The summed E-state index contributed by atoms with van der Waals surface area (Å²) in [5, 5.41) is 2.88. The summed E-state index contributed by atoms with van der Waals surface area (Å²) < 4.78 is 0. The number of carbonyl (C=O) groups is 1. The lowest BCUT2D eigenvalue weighted by molar-refractivity contribution is -0.124. The van der Waals surface area contributed by atoms with Crippen molar-refractivity contribution >= 4 is 5.91 Å². The third-order valence-corrected chi connectivity index (χ3v) is 2.37. The van der Waals surface area contributed by atoms with Gasteiger partial charge >= 0.3 is 0 Å². The summed E-state index contributed by atoms with van der Waals surface area (Å²) in [6, 6.07) is 0. The van der Waals surface area contributed by atoms with Crippen LogP contribution in [-0.4, -0.2) is 12.5 Å². The molecule has 0 radical (unpaired) electrons. The third-order valence-electron chi connectivity index (χ3n) is 2.37. The SMILES string of the molecule is C/C=C/CNC(=O)C(C)C1CC1.CC. The molecule has 1 amide bonds. The van der Waals surface area contributed by atoms with Crippen LogP contribution in [0.4, 0.5) is 0 Å². The van der Waals surface area contributed by atoms with Crippen molar-refractivity contribution in [2.75, 3.05) is 6.54 Å². The highest BCUT2D eigenvalue weighted by molar-refractivity contribution is 5.79. The van der Waals surface area contributed by atoms with E-state index in [0.717, 1.165) is 0 Å². The van der Waals surface area contributed by atoms with Gasteiger partial charge in [-0.2, -0.15) is 0 Å². The highest BCUT2D eigenvalue weighted by Crippen LogP contribution is 2.36. The number of hydrogen-bond acceptors (Lipinski definition) is 1. The lowest BCUT2D eigenvalue weighted by Gasteiger charge is -2.08. The molecule has 1 N–H and O–H groups in total. The molecule has 82 valence electrons. The second-order valence-corrected chi connectivity index (χ2v) is 3.44. The molecule has 1 saturated carbocycles. The average Bonchev–Trinajstić information content (AvgIpc) is 3.03. The van der Waals surface area contributed by atoms with Crippen LogP contribution in [0, 0.1) is 11.8 Å². The second kappa shape index (κ2) is 7.60. The molecular weight excluding hydrogens is 174 g/mol. The topological polar surface area (TPSA) is 29.1 Å². The Morgan fingerprint density at radius 2 is 2.07 bits per heavy atom. The zero-order valence-corrected chi connectivity index (χ0v) is 9.84. The molecule has 0 aromatic heterocycles. The zero-order valence-electron chi connectivity index (χ0n) is 9.84. The Balaban J connectivity index is 0.000000791. The molecule has 0 saturated heterocycles. The van der Waals surface area contributed by atoms with Crippen LogP contribution in [0.25, 0.3) is 0 Å². The van der Waals surface area contributed by atoms with Crippen molar-refractivity contribution in [3.63, 3.8) is 0 Å². The fraction of sp³-hybridized carbons (Fsp3) is 0.750. The maximum atomic E-state index is 11.4. The molecule has 0 aliphatic heterocycles. The van der Waals surface area contributed by atoms with Crippen molar-refractivity contribution in [2.45, 2.75) is 40.5 Å². The maximum absolute atomic E-state index is 11.4. The fourth-order valence-corrected chi connectivity index (χ4v) is 1.25. The van der Waals surface area contributed by atoms with Crippen molar-refractivity contribution in [3.05, 3.63) is 12.2 Å². The Kier molecular flexibility index (Phi) is 7.17. The van der Waals surface area contributed by atoms with Crippen LogP contribution in [-0.2, 0) is 4.79 Å². The first kappa shape index (κ1) is 13.2. The molecule has 1 rings (SSSR count). The molecule has 1 aliphatic rings. The molecule has 1 atom stereocenters. The number of carbonyl (C=O) groups excluding carboxylic acids is 1. The van der Waals surface area contributed by atoms with Gasteiger partial charge in [-0.3, -0.25) is 4.79 Å². The largest absolute Gasteiger partial charge is 0.352 e. The summed E-state index contributed by atoms with van der Waals surface area (Å²) in [7, 11) is 0. The lowest BCUT2D eigenvalue weighted by atomic mass is 10.1. The summed E-state index contributed by atoms with van der Waals surface area (Å²) in [5.41, 5.74) is 0. The molecule has 1 fully saturated rings. The van der Waals surface area contributed by atoms with E-state index in [2.05, 4.69) is 5.32 Å². The van der Waals surface area contributed by atoms with Crippen molar-refractivity contribution in [2.24, 2.45) is 11.8 Å². The van der Waals surface area contributed by atoms with Gasteiger partial charge in [0.2, 0.25) is 5.91 Å². The van der Waals surface area contributed by atoms with E-state index < -0.39 is 0 Å². The quantitative estimate of drug-likeness (QED) is 0.690. The normalized spacial score (nSPS) is 17.1. The van der Waals surface area contributed by atoms with Gasteiger partial charge in [-0.05, 0) is 25.7 Å². The minimum atomic E-state index is 0.204. The first-order valence-corrected chi connectivity index (χ1v) is 5.64. The van der Waals surface area contributed by atoms with Gasteiger partial charge in [0.1, 0.15) is 0 Å². The van der Waals surface area contributed by atoms with Crippen molar-refractivity contribution in [1.29, 1.82) is 0 Å². The van der Waals surface area contributed by atoms with Gasteiger partial charge in [0, 0.05) is 12.5 Å². The number of nitrogens with one attached hydrogen (secondary N) is 1. The summed E-state index contributed by atoms with van der Waals surface area (Å²) in [5.74, 6) is 1.08. The Morgan fingerprint density at radius 1 is 1.50 bits per heavy atom. The first-order valence-electron chi connectivity index (χ1n) is 5.64. The molecule has 0 aromatic rings. The van der Waals surface area contributed by atoms with E-state index in [1.807, 2.05) is 39.8 Å². The van der Waals surface area contributed by atoms with Gasteiger partial charge in [-0.1, -0.05) is 32.9 Å². The van der Waals surface area contributed by atoms with Gasteiger partial charge in [-0.25, -0.2) is 0 Å². The molecule has 0 heterocycles. The van der Waals surface area contributed by atoms with E-state index in [0.29, 0.717) is 12.5 Å². The maximum Gasteiger partial charge on any atom is 0.223 e. The fourth-order valence-electron chi connectivity index (χ4n) is 1.25. The Labute approximate surface area is 87.8 Å². The molecule has 0 spiro atoms. The monoisotopic (exact) mass is 197 g/mol.